The van der Waals surface area contributed by atoms with Crippen LogP contribution >= 0.6 is 23.2 Å². The molecule has 0 atom stereocenters. The van der Waals surface area contributed by atoms with Gasteiger partial charge in [-0.3, -0.25) is 9.36 Å². The first-order valence-electron chi connectivity index (χ1n) is 5.06. The number of rotatable bonds is 3. The highest BCUT2D eigenvalue weighted by Gasteiger charge is 2.14. The van der Waals surface area contributed by atoms with E-state index in [4.69, 9.17) is 23.2 Å². The molecule has 0 radical (unpaired) electrons. The van der Waals surface area contributed by atoms with Gasteiger partial charge in [0.15, 0.2) is 5.78 Å². The van der Waals surface area contributed by atoms with Crippen molar-refractivity contribution in [2.24, 2.45) is 7.05 Å². The second-order valence-electron chi connectivity index (χ2n) is 3.69. The van der Waals surface area contributed by atoms with E-state index in [0.29, 0.717) is 10.6 Å². The van der Waals surface area contributed by atoms with Crippen LogP contribution in [0.15, 0.2) is 29.3 Å². The molecule has 18 heavy (non-hydrogen) atoms. The van der Waals surface area contributed by atoms with E-state index in [2.05, 4.69) is 5.10 Å². The van der Waals surface area contributed by atoms with Gasteiger partial charge >= 0.3 is 5.69 Å². The van der Waals surface area contributed by atoms with Crippen LogP contribution in [0.2, 0.25) is 10.0 Å². The summed E-state index contributed by atoms with van der Waals surface area (Å²) >= 11 is 11.8. The number of hydrogen-bond donors (Lipinski definition) is 0. The Bertz CT molecular complexity index is 661. The standard InChI is InChI=1S/C11H9Cl2N3O2/c1-15-11(18)16(6-14-15)5-9(17)7-3-2-4-8(12)10(7)13/h2-4,6H,5H2,1H3. The molecular formula is C11H9Cl2N3O2. The van der Waals surface area contributed by atoms with Gasteiger partial charge in [-0.2, -0.15) is 5.10 Å². The number of hydrogen-bond acceptors (Lipinski definition) is 3. The molecule has 0 spiro atoms. The molecule has 0 N–H and O–H groups in total. The highest BCUT2D eigenvalue weighted by atomic mass is 35.5. The third kappa shape index (κ3) is 2.32. The van der Waals surface area contributed by atoms with Gasteiger partial charge in [0.05, 0.1) is 16.6 Å². The summed E-state index contributed by atoms with van der Waals surface area (Å²) in [4.78, 5) is 23.5. The van der Waals surface area contributed by atoms with Gasteiger partial charge in [0, 0.05) is 12.6 Å². The van der Waals surface area contributed by atoms with Gasteiger partial charge in [-0.05, 0) is 12.1 Å². The monoisotopic (exact) mass is 285 g/mol. The Hall–Kier alpha value is -1.59. The first-order valence-corrected chi connectivity index (χ1v) is 5.82. The molecule has 0 bridgehead atoms. The molecule has 0 fully saturated rings. The van der Waals surface area contributed by atoms with Crippen LogP contribution in [0.25, 0.3) is 0 Å². The normalized spacial score (nSPS) is 10.6. The summed E-state index contributed by atoms with van der Waals surface area (Å²) in [7, 11) is 1.51. The summed E-state index contributed by atoms with van der Waals surface area (Å²) in [5, 5.41) is 4.26. The Balaban J connectivity index is 2.31. The molecule has 1 heterocycles. The Morgan fingerprint density at radius 3 is 2.72 bits per heavy atom. The van der Waals surface area contributed by atoms with E-state index in [9.17, 15) is 9.59 Å². The number of Topliss-reactive ketones (excluding diaryl/α,β-unsaturated/α-hetero) is 1. The zero-order valence-electron chi connectivity index (χ0n) is 9.43. The lowest BCUT2D eigenvalue weighted by Gasteiger charge is -2.04. The van der Waals surface area contributed by atoms with Crippen LogP contribution < -0.4 is 5.69 Å². The molecular weight excluding hydrogens is 277 g/mol. The minimum absolute atomic E-state index is 0.118. The van der Waals surface area contributed by atoms with E-state index in [-0.39, 0.29) is 23.0 Å². The van der Waals surface area contributed by atoms with E-state index in [1.165, 1.54) is 17.9 Å². The molecule has 94 valence electrons. The van der Waals surface area contributed by atoms with E-state index in [1.54, 1.807) is 18.2 Å². The second-order valence-corrected chi connectivity index (χ2v) is 4.47. The number of aromatic nitrogens is 3. The van der Waals surface area contributed by atoms with Crippen molar-refractivity contribution in [1.82, 2.24) is 14.3 Å². The fourth-order valence-electron chi connectivity index (χ4n) is 1.49. The maximum atomic E-state index is 12.0. The summed E-state index contributed by atoms with van der Waals surface area (Å²) in [6.45, 7) is -0.118. The van der Waals surface area contributed by atoms with E-state index < -0.39 is 0 Å². The van der Waals surface area contributed by atoms with Crippen molar-refractivity contribution >= 4 is 29.0 Å². The molecule has 5 nitrogen and oxygen atoms in total. The van der Waals surface area contributed by atoms with Gasteiger partial charge < -0.3 is 0 Å². The number of carbonyl (C=O) groups excluding carboxylic acids is 1. The summed E-state index contributed by atoms with van der Waals surface area (Å²) in [5.74, 6) is -0.294. The lowest BCUT2D eigenvalue weighted by Crippen LogP contribution is -2.25. The van der Waals surface area contributed by atoms with Crippen LogP contribution in [-0.2, 0) is 13.6 Å². The molecule has 0 aliphatic rings. The van der Waals surface area contributed by atoms with Gasteiger partial charge in [-0.25, -0.2) is 9.48 Å². The zero-order valence-corrected chi connectivity index (χ0v) is 10.9. The molecule has 7 heteroatoms. The van der Waals surface area contributed by atoms with E-state index in [1.807, 2.05) is 0 Å². The fourth-order valence-corrected chi connectivity index (χ4v) is 1.90. The van der Waals surface area contributed by atoms with Crippen molar-refractivity contribution in [1.29, 1.82) is 0 Å². The average Bonchev–Trinajstić information content (AvgIpc) is 2.64. The SMILES string of the molecule is Cn1ncn(CC(=O)c2cccc(Cl)c2Cl)c1=O. The van der Waals surface area contributed by atoms with Crippen LogP contribution in [-0.4, -0.2) is 20.1 Å². The highest BCUT2D eigenvalue weighted by molar-refractivity contribution is 6.43. The largest absolute Gasteiger partial charge is 0.345 e. The summed E-state index contributed by atoms with van der Waals surface area (Å²) < 4.78 is 2.35. The van der Waals surface area contributed by atoms with E-state index >= 15 is 0 Å². The van der Waals surface area contributed by atoms with Gasteiger partial charge in [-0.1, -0.05) is 29.3 Å². The maximum absolute atomic E-state index is 12.0. The Morgan fingerprint density at radius 2 is 2.11 bits per heavy atom. The highest BCUT2D eigenvalue weighted by Crippen LogP contribution is 2.25. The van der Waals surface area contributed by atoms with Crippen molar-refractivity contribution in [3.8, 4) is 0 Å². The molecule has 0 amide bonds. The summed E-state index contributed by atoms with van der Waals surface area (Å²) in [6, 6.07) is 4.79. The summed E-state index contributed by atoms with van der Waals surface area (Å²) in [6.07, 6.45) is 1.30. The van der Waals surface area contributed by atoms with Crippen molar-refractivity contribution in [3.63, 3.8) is 0 Å². The third-order valence-electron chi connectivity index (χ3n) is 2.45. The van der Waals surface area contributed by atoms with Crippen LogP contribution in [0.4, 0.5) is 0 Å². The van der Waals surface area contributed by atoms with E-state index in [0.717, 1.165) is 4.68 Å². The molecule has 2 rings (SSSR count). The topological polar surface area (TPSA) is 56.9 Å². The van der Waals surface area contributed by atoms with Crippen LogP contribution in [0.1, 0.15) is 10.4 Å². The number of aryl methyl sites for hydroxylation is 1. The Kier molecular flexibility index (Phi) is 3.54. The van der Waals surface area contributed by atoms with Crippen LogP contribution in [0, 0.1) is 0 Å². The van der Waals surface area contributed by atoms with Crippen molar-refractivity contribution < 1.29 is 4.79 Å². The van der Waals surface area contributed by atoms with Crippen molar-refractivity contribution in [2.75, 3.05) is 0 Å². The molecule has 0 unspecified atom stereocenters. The number of nitrogens with zero attached hydrogens (tertiary/aromatic N) is 3. The molecule has 0 saturated carbocycles. The Morgan fingerprint density at radius 1 is 1.39 bits per heavy atom. The Labute approximate surface area is 113 Å². The maximum Gasteiger partial charge on any atom is 0.345 e. The molecule has 0 aliphatic heterocycles. The predicted octanol–water partition coefficient (Wildman–Crippen LogP) is 1.77. The minimum Gasteiger partial charge on any atom is -0.292 e. The quantitative estimate of drug-likeness (QED) is 0.808. The number of benzene rings is 1. The minimum atomic E-state index is -0.360. The molecule has 2 aromatic rings. The van der Waals surface area contributed by atoms with Gasteiger partial charge in [0.2, 0.25) is 0 Å². The third-order valence-corrected chi connectivity index (χ3v) is 3.27. The van der Waals surface area contributed by atoms with Gasteiger partial charge in [0.25, 0.3) is 0 Å². The lowest BCUT2D eigenvalue weighted by molar-refractivity contribution is 0.0971. The molecule has 1 aromatic heterocycles. The van der Waals surface area contributed by atoms with Crippen LogP contribution in [0.5, 0.6) is 0 Å². The lowest BCUT2D eigenvalue weighted by atomic mass is 10.1. The molecule has 0 aliphatic carbocycles. The molecule has 1 aromatic carbocycles. The van der Waals surface area contributed by atoms with Gasteiger partial charge in [0.1, 0.15) is 6.33 Å². The van der Waals surface area contributed by atoms with Crippen molar-refractivity contribution in [3.05, 3.63) is 50.6 Å². The van der Waals surface area contributed by atoms with Gasteiger partial charge in [-0.15, -0.1) is 0 Å². The molecule has 0 saturated heterocycles. The smallest absolute Gasteiger partial charge is 0.292 e. The predicted molar refractivity (Wildman–Crippen MR) is 68.3 cm³/mol. The summed E-state index contributed by atoms with van der Waals surface area (Å²) in [5.41, 5.74) is -0.0681. The number of ketones is 1. The second kappa shape index (κ2) is 4.96. The average molecular weight is 286 g/mol. The fraction of sp³-hybridized carbons (Fsp3) is 0.182. The zero-order chi connectivity index (χ0) is 13.3. The first-order chi connectivity index (χ1) is 8.50. The van der Waals surface area contributed by atoms with Crippen molar-refractivity contribution in [2.45, 2.75) is 6.54 Å². The first kappa shape index (κ1) is 12.9. The van der Waals surface area contributed by atoms with Crippen LogP contribution in [0.3, 0.4) is 0 Å². The number of carbonyl (C=O) groups is 1. The number of halogens is 2.